The second-order valence-electron chi connectivity index (χ2n) is 11.8. The van der Waals surface area contributed by atoms with Gasteiger partial charge in [0.15, 0.2) is 0 Å². The molecule has 0 saturated carbocycles. The molecule has 0 aromatic carbocycles. The van der Waals surface area contributed by atoms with Crippen LogP contribution < -0.4 is 0 Å². The monoisotopic (exact) mass is 696 g/mol. The van der Waals surface area contributed by atoms with Gasteiger partial charge in [-0.1, -0.05) is 137 Å². The molecule has 2 aliphatic heterocycles. The minimum absolute atomic E-state index is 0.269. The summed E-state index contributed by atoms with van der Waals surface area (Å²) >= 11 is 2.91. The molecule has 0 amide bonds. The minimum Gasteiger partial charge on any atom is -0.272 e. The van der Waals surface area contributed by atoms with E-state index in [9.17, 15) is 9.59 Å². The van der Waals surface area contributed by atoms with Crippen LogP contribution >= 0.6 is 67.1 Å². The van der Waals surface area contributed by atoms with Crippen molar-refractivity contribution in [2.45, 2.75) is 154 Å². The maximum absolute atomic E-state index is 12.1. The summed E-state index contributed by atoms with van der Waals surface area (Å²) in [5.41, 5.74) is 0. The molecule has 0 aliphatic carbocycles. The minimum atomic E-state index is 0.269. The van der Waals surface area contributed by atoms with Crippen molar-refractivity contribution in [3.63, 3.8) is 0 Å². The molecule has 0 aromatic rings. The molecule has 2 rings (SSSR count). The van der Waals surface area contributed by atoms with Gasteiger partial charge >= 0.3 is 0 Å². The Morgan fingerprint density at radius 3 is 0.929 bits per heavy atom. The topological polar surface area (TPSA) is 40.6 Å². The number of rotatable bonds is 23. The van der Waals surface area contributed by atoms with E-state index in [4.69, 9.17) is 0 Å². The van der Waals surface area contributed by atoms with Gasteiger partial charge in [-0.05, 0) is 60.1 Å². The first-order chi connectivity index (χ1) is 20.7. The number of carbonyl (C=O) groups is 2. The third kappa shape index (κ3) is 24.6. The van der Waals surface area contributed by atoms with Crippen molar-refractivity contribution in [3.8, 4) is 0 Å². The fraction of sp³-hybridized carbons (Fsp3) is 0.938. The van der Waals surface area contributed by atoms with Crippen LogP contribution in [-0.2, 0) is 0 Å². The molecule has 0 bridgehead atoms. The highest BCUT2D eigenvalue weighted by Crippen LogP contribution is 2.33. The van der Waals surface area contributed by atoms with Crippen LogP contribution in [0.25, 0.3) is 0 Å². The largest absolute Gasteiger partial charge is 0.272 e. The molecule has 2 fully saturated rings. The molecule has 246 valence electrons. The van der Waals surface area contributed by atoms with Gasteiger partial charge in [0.2, 0.25) is 0 Å². The summed E-state index contributed by atoms with van der Waals surface area (Å²) in [6, 6.07) is 0. The van der Waals surface area contributed by atoms with Crippen LogP contribution in [0.2, 0.25) is 0 Å². The molecule has 0 unspecified atom stereocenters. The average molecular weight is 697 g/mol. The van der Waals surface area contributed by atoms with Gasteiger partial charge in [0.05, 0.1) is 0 Å². The SMILES string of the molecule is O=C(SSCCCCCCCCCCCCCCCCCCSSC(=O)SN1CCCCCC1)SN1CCCCCC1. The summed E-state index contributed by atoms with van der Waals surface area (Å²) in [6.07, 6.45) is 32.1. The van der Waals surface area contributed by atoms with Crippen molar-refractivity contribution in [3.05, 3.63) is 0 Å². The fourth-order valence-electron chi connectivity index (χ4n) is 5.48. The summed E-state index contributed by atoms with van der Waals surface area (Å²) in [5, 5.41) is 0. The van der Waals surface area contributed by atoms with Crippen molar-refractivity contribution < 1.29 is 9.59 Å². The van der Waals surface area contributed by atoms with E-state index in [1.807, 2.05) is 0 Å². The van der Waals surface area contributed by atoms with E-state index in [-0.39, 0.29) is 8.89 Å². The van der Waals surface area contributed by atoms with Gasteiger partial charge in [0, 0.05) is 61.6 Å². The zero-order chi connectivity index (χ0) is 29.8. The number of hydrogen-bond acceptors (Lipinski definition) is 10. The van der Waals surface area contributed by atoms with E-state index in [1.165, 1.54) is 200 Å². The zero-order valence-corrected chi connectivity index (χ0v) is 31.3. The standard InChI is InChI=1S/C32H60N2O2S6/c35-31(39-33-25-19-13-14-20-26-33)41-37-29-23-17-11-9-7-5-3-1-2-4-6-8-10-12-18-24-30-38-42-32(36)40-34-27-21-15-16-22-28-34/h1-30H2. The highest BCUT2D eigenvalue weighted by molar-refractivity contribution is 8.86. The second kappa shape index (κ2) is 29.7. The third-order valence-electron chi connectivity index (χ3n) is 8.00. The van der Waals surface area contributed by atoms with Gasteiger partial charge in [0.1, 0.15) is 0 Å². The number of carbonyl (C=O) groups excluding carboxylic acids is 2. The van der Waals surface area contributed by atoms with E-state index in [0.717, 1.165) is 37.7 Å². The van der Waals surface area contributed by atoms with Crippen LogP contribution in [0.1, 0.15) is 154 Å². The normalized spacial score (nSPS) is 17.2. The van der Waals surface area contributed by atoms with Gasteiger partial charge < -0.3 is 0 Å². The predicted molar refractivity (Wildman–Crippen MR) is 200 cm³/mol. The van der Waals surface area contributed by atoms with Crippen molar-refractivity contribution >= 4 is 76.0 Å². The molecule has 2 heterocycles. The summed E-state index contributed by atoms with van der Waals surface area (Å²) < 4.78 is 5.09. The van der Waals surface area contributed by atoms with E-state index < -0.39 is 0 Å². The van der Waals surface area contributed by atoms with Crippen LogP contribution in [0, 0.1) is 0 Å². The molecule has 0 aromatic heterocycles. The number of unbranched alkanes of at least 4 members (excludes halogenated alkanes) is 15. The lowest BCUT2D eigenvalue weighted by Gasteiger charge is -2.16. The first-order valence-corrected chi connectivity index (χ1v) is 23.5. The van der Waals surface area contributed by atoms with E-state index in [2.05, 4.69) is 8.61 Å². The van der Waals surface area contributed by atoms with Gasteiger partial charge in [-0.25, -0.2) is 8.61 Å². The van der Waals surface area contributed by atoms with Crippen molar-refractivity contribution in [2.75, 3.05) is 37.7 Å². The van der Waals surface area contributed by atoms with Crippen LogP contribution in [0.15, 0.2) is 0 Å². The molecule has 0 atom stereocenters. The molecule has 0 N–H and O–H groups in total. The fourth-order valence-corrected chi connectivity index (χ4v) is 11.9. The maximum Gasteiger partial charge on any atom is 0.271 e. The van der Waals surface area contributed by atoms with Crippen LogP contribution in [0.4, 0.5) is 9.59 Å². The lowest BCUT2D eigenvalue weighted by atomic mass is 10.0. The Balaban J connectivity index is 1.20. The highest BCUT2D eigenvalue weighted by Gasteiger charge is 2.15. The molecule has 42 heavy (non-hydrogen) atoms. The molecule has 2 saturated heterocycles. The quantitative estimate of drug-likeness (QED) is 0.0585. The molecule has 4 nitrogen and oxygen atoms in total. The van der Waals surface area contributed by atoms with Gasteiger partial charge in [-0.15, -0.1) is 0 Å². The summed E-state index contributed by atoms with van der Waals surface area (Å²) in [7, 11) is 6.43. The molecule has 2 aliphatic rings. The lowest BCUT2D eigenvalue weighted by molar-refractivity contribution is 0.275. The first-order valence-electron chi connectivity index (χ1n) is 17.3. The molecular weight excluding hydrogens is 637 g/mol. The lowest BCUT2D eigenvalue weighted by Crippen LogP contribution is -2.17. The Morgan fingerprint density at radius 2 is 0.643 bits per heavy atom. The molecular formula is C32H60N2O2S6. The van der Waals surface area contributed by atoms with Crippen LogP contribution in [0.3, 0.4) is 0 Å². The third-order valence-corrected chi connectivity index (χ3v) is 15.2. The zero-order valence-electron chi connectivity index (χ0n) is 26.4. The van der Waals surface area contributed by atoms with Crippen molar-refractivity contribution in [2.24, 2.45) is 0 Å². The predicted octanol–water partition coefficient (Wildman–Crippen LogP) is 13.3. The smallest absolute Gasteiger partial charge is 0.271 e. The molecule has 0 radical (unpaired) electrons. The molecule has 0 spiro atoms. The van der Waals surface area contributed by atoms with Gasteiger partial charge in [-0.3, -0.25) is 9.59 Å². The van der Waals surface area contributed by atoms with Crippen molar-refractivity contribution in [1.29, 1.82) is 0 Å². The molecule has 10 heteroatoms. The van der Waals surface area contributed by atoms with E-state index in [0.29, 0.717) is 0 Å². The summed E-state index contributed by atoms with van der Waals surface area (Å²) in [6.45, 7) is 4.30. The first kappa shape index (κ1) is 39.5. The Labute approximate surface area is 284 Å². The van der Waals surface area contributed by atoms with Crippen molar-refractivity contribution in [1.82, 2.24) is 8.61 Å². The van der Waals surface area contributed by atoms with E-state index in [1.54, 1.807) is 21.6 Å². The number of nitrogens with zero attached hydrogens (tertiary/aromatic N) is 2. The Morgan fingerprint density at radius 1 is 0.381 bits per heavy atom. The van der Waals surface area contributed by atoms with Gasteiger partial charge in [0.25, 0.3) is 8.89 Å². The van der Waals surface area contributed by atoms with Crippen LogP contribution in [-0.4, -0.2) is 55.2 Å². The Kier molecular flexibility index (Phi) is 28.0. The summed E-state index contributed by atoms with van der Waals surface area (Å²) in [5.74, 6) is 2.21. The van der Waals surface area contributed by atoms with Crippen LogP contribution in [0.5, 0.6) is 0 Å². The Hall–Kier alpha value is 1.36. The average Bonchev–Trinajstić information content (AvgIpc) is 3.41. The van der Waals surface area contributed by atoms with E-state index >= 15 is 0 Å². The summed E-state index contributed by atoms with van der Waals surface area (Å²) in [4.78, 5) is 24.3. The van der Waals surface area contributed by atoms with Gasteiger partial charge in [-0.2, -0.15) is 0 Å². The Bertz CT molecular complexity index is 590. The maximum atomic E-state index is 12.1. The number of hydrogen-bond donors (Lipinski definition) is 0. The second-order valence-corrected chi connectivity index (χ2v) is 19.3. The highest BCUT2D eigenvalue weighted by atomic mass is 33.1.